The third-order valence-electron chi connectivity index (χ3n) is 4.11. The van der Waals surface area contributed by atoms with Crippen LogP contribution < -0.4 is 0 Å². The molecule has 0 aromatic rings. The maximum Gasteiger partial charge on any atom is 0.188 e. The standard InChI is InChI=1S/C11H24O2Si/c1-8(10(3)12)9(2)11(4,5)14(6,7)13/h8-9,13H,1-7H3/t8-,9?/m1/s1. The molecule has 1 unspecified atom stereocenters. The zero-order valence-electron chi connectivity index (χ0n) is 10.5. The van der Waals surface area contributed by atoms with Gasteiger partial charge in [0.15, 0.2) is 8.32 Å². The molecule has 0 spiro atoms. The Morgan fingerprint density at radius 3 is 1.86 bits per heavy atom. The largest absolute Gasteiger partial charge is 0.432 e. The molecule has 3 heteroatoms. The Bertz CT molecular complexity index is 216. The van der Waals surface area contributed by atoms with Gasteiger partial charge in [-0.05, 0) is 31.0 Å². The van der Waals surface area contributed by atoms with E-state index in [1.165, 1.54) is 0 Å². The second-order valence-corrected chi connectivity index (χ2v) is 9.88. The summed E-state index contributed by atoms with van der Waals surface area (Å²) in [7, 11) is -2.21. The van der Waals surface area contributed by atoms with Gasteiger partial charge in [0.25, 0.3) is 0 Å². The summed E-state index contributed by atoms with van der Waals surface area (Å²) >= 11 is 0. The van der Waals surface area contributed by atoms with Gasteiger partial charge in [-0.25, -0.2) is 0 Å². The molecule has 0 bridgehead atoms. The predicted octanol–water partition coefficient (Wildman–Crippen LogP) is 2.83. The number of hydrogen-bond acceptors (Lipinski definition) is 2. The van der Waals surface area contributed by atoms with Crippen LogP contribution in [0.15, 0.2) is 0 Å². The van der Waals surface area contributed by atoms with Gasteiger partial charge in [-0.15, -0.1) is 0 Å². The number of ketones is 1. The molecule has 0 radical (unpaired) electrons. The summed E-state index contributed by atoms with van der Waals surface area (Å²) in [4.78, 5) is 21.5. The minimum atomic E-state index is -2.21. The van der Waals surface area contributed by atoms with Gasteiger partial charge in [0, 0.05) is 5.92 Å². The summed E-state index contributed by atoms with van der Waals surface area (Å²) in [5.74, 6) is 0.472. The SMILES string of the molecule is CC(=O)[C@H](C)C(C)C(C)(C)[Si](C)(C)O. The predicted molar refractivity (Wildman–Crippen MR) is 62.8 cm³/mol. The maximum absolute atomic E-state index is 11.3. The third kappa shape index (κ3) is 2.67. The fourth-order valence-corrected chi connectivity index (χ4v) is 2.90. The van der Waals surface area contributed by atoms with Gasteiger partial charge in [-0.3, -0.25) is 4.79 Å². The number of rotatable bonds is 4. The highest BCUT2D eigenvalue weighted by Gasteiger charge is 2.44. The zero-order chi connectivity index (χ0) is 11.7. The second kappa shape index (κ2) is 4.15. The Balaban J connectivity index is 4.84. The van der Waals surface area contributed by atoms with E-state index in [2.05, 4.69) is 20.8 Å². The van der Waals surface area contributed by atoms with E-state index in [9.17, 15) is 9.59 Å². The van der Waals surface area contributed by atoms with Gasteiger partial charge in [0.1, 0.15) is 5.78 Å². The van der Waals surface area contributed by atoms with Crippen molar-refractivity contribution in [3.8, 4) is 0 Å². The summed E-state index contributed by atoms with van der Waals surface area (Å²) in [6.07, 6.45) is 0. The van der Waals surface area contributed by atoms with Gasteiger partial charge in [0.05, 0.1) is 0 Å². The van der Waals surface area contributed by atoms with Crippen molar-refractivity contribution < 1.29 is 9.59 Å². The number of carbonyl (C=O) groups excluding carboxylic acids is 1. The Kier molecular flexibility index (Phi) is 4.10. The summed E-state index contributed by atoms with van der Waals surface area (Å²) < 4.78 is 0. The average molecular weight is 216 g/mol. The molecule has 0 fully saturated rings. The van der Waals surface area contributed by atoms with Crippen LogP contribution in [0, 0.1) is 11.8 Å². The molecule has 14 heavy (non-hydrogen) atoms. The third-order valence-corrected chi connectivity index (χ3v) is 7.72. The van der Waals surface area contributed by atoms with Gasteiger partial charge in [-0.2, -0.15) is 0 Å². The van der Waals surface area contributed by atoms with E-state index < -0.39 is 8.32 Å². The van der Waals surface area contributed by atoms with Crippen molar-refractivity contribution in [2.24, 2.45) is 11.8 Å². The molecule has 0 rings (SSSR count). The highest BCUT2D eigenvalue weighted by molar-refractivity contribution is 6.73. The van der Waals surface area contributed by atoms with Crippen LogP contribution in [-0.4, -0.2) is 18.9 Å². The van der Waals surface area contributed by atoms with E-state index in [0.717, 1.165) is 0 Å². The molecular weight excluding hydrogens is 192 g/mol. The van der Waals surface area contributed by atoms with E-state index in [4.69, 9.17) is 0 Å². The smallest absolute Gasteiger partial charge is 0.188 e. The van der Waals surface area contributed by atoms with E-state index in [-0.39, 0.29) is 22.7 Å². The highest BCUT2D eigenvalue weighted by Crippen LogP contribution is 2.46. The van der Waals surface area contributed by atoms with E-state index in [0.29, 0.717) is 0 Å². The first-order valence-electron chi connectivity index (χ1n) is 5.24. The molecule has 0 aliphatic heterocycles. The first-order chi connectivity index (χ1) is 6.01. The topological polar surface area (TPSA) is 37.3 Å². The van der Waals surface area contributed by atoms with E-state index in [1.54, 1.807) is 6.92 Å². The number of carbonyl (C=O) groups is 1. The van der Waals surface area contributed by atoms with Crippen LogP contribution in [0.5, 0.6) is 0 Å². The lowest BCUT2D eigenvalue weighted by Crippen LogP contribution is -2.45. The van der Waals surface area contributed by atoms with E-state index >= 15 is 0 Å². The van der Waals surface area contributed by atoms with Crippen LogP contribution >= 0.6 is 0 Å². The van der Waals surface area contributed by atoms with Gasteiger partial charge in [-0.1, -0.05) is 27.7 Å². The molecule has 0 aliphatic rings. The van der Waals surface area contributed by atoms with Crippen LogP contribution in [0.1, 0.15) is 34.6 Å². The normalized spacial score (nSPS) is 17.7. The minimum absolute atomic E-state index is 0.0314. The van der Waals surface area contributed by atoms with Crippen molar-refractivity contribution in [2.75, 3.05) is 0 Å². The van der Waals surface area contributed by atoms with Crippen LogP contribution in [0.25, 0.3) is 0 Å². The Morgan fingerprint density at radius 1 is 1.29 bits per heavy atom. The molecule has 1 N–H and O–H groups in total. The molecule has 84 valence electrons. The minimum Gasteiger partial charge on any atom is -0.432 e. The fraction of sp³-hybridized carbons (Fsp3) is 0.909. The van der Waals surface area contributed by atoms with Crippen LogP contribution in [0.3, 0.4) is 0 Å². The summed E-state index contributed by atoms with van der Waals surface area (Å²) in [6.45, 7) is 13.7. The fourth-order valence-electron chi connectivity index (χ4n) is 1.53. The van der Waals surface area contributed by atoms with Crippen LogP contribution in [0.2, 0.25) is 18.1 Å². The Labute approximate surface area is 88.8 Å². The van der Waals surface area contributed by atoms with Crippen molar-refractivity contribution in [3.63, 3.8) is 0 Å². The van der Waals surface area contributed by atoms with Gasteiger partial charge >= 0.3 is 0 Å². The van der Waals surface area contributed by atoms with Gasteiger partial charge < -0.3 is 4.80 Å². The quantitative estimate of drug-likeness (QED) is 0.734. The maximum atomic E-state index is 11.3. The molecule has 0 saturated carbocycles. The molecule has 0 aromatic carbocycles. The molecular formula is C11H24O2Si. The highest BCUT2D eigenvalue weighted by atomic mass is 28.4. The first kappa shape index (κ1) is 13.8. The van der Waals surface area contributed by atoms with Crippen LogP contribution in [0.4, 0.5) is 0 Å². The lowest BCUT2D eigenvalue weighted by atomic mass is 9.83. The molecule has 0 heterocycles. The molecule has 0 saturated heterocycles. The summed E-state index contributed by atoms with van der Waals surface area (Å²) in [5, 5.41) is -0.127. The van der Waals surface area contributed by atoms with Crippen LogP contribution in [-0.2, 0) is 4.79 Å². The van der Waals surface area contributed by atoms with Crippen molar-refractivity contribution in [1.29, 1.82) is 0 Å². The summed E-state index contributed by atoms with van der Waals surface area (Å²) in [5.41, 5.74) is 0. The van der Waals surface area contributed by atoms with Crippen molar-refractivity contribution in [1.82, 2.24) is 0 Å². The van der Waals surface area contributed by atoms with E-state index in [1.807, 2.05) is 20.0 Å². The average Bonchev–Trinajstić information content (AvgIpc) is 1.99. The first-order valence-corrected chi connectivity index (χ1v) is 8.19. The number of hydrogen-bond donors (Lipinski definition) is 1. The van der Waals surface area contributed by atoms with Gasteiger partial charge in [0.2, 0.25) is 0 Å². The Hall–Kier alpha value is -0.153. The molecule has 0 aromatic heterocycles. The molecule has 2 nitrogen and oxygen atoms in total. The molecule has 0 aliphatic carbocycles. The summed E-state index contributed by atoms with van der Waals surface area (Å²) in [6, 6.07) is 0. The molecule has 0 amide bonds. The zero-order valence-corrected chi connectivity index (χ0v) is 11.5. The lowest BCUT2D eigenvalue weighted by molar-refractivity contribution is -0.122. The second-order valence-electron chi connectivity index (χ2n) is 5.47. The monoisotopic (exact) mass is 216 g/mol. The lowest BCUT2D eigenvalue weighted by Gasteiger charge is -2.42. The van der Waals surface area contributed by atoms with Crippen molar-refractivity contribution in [3.05, 3.63) is 0 Å². The number of Topliss-reactive ketones (excluding diaryl/α,β-unsaturated/α-hetero) is 1. The van der Waals surface area contributed by atoms with Crippen molar-refractivity contribution in [2.45, 2.75) is 52.8 Å². The molecule has 2 atom stereocenters. The Morgan fingerprint density at radius 2 is 1.64 bits per heavy atom. The van der Waals surface area contributed by atoms with Crippen molar-refractivity contribution >= 4 is 14.1 Å².